The summed E-state index contributed by atoms with van der Waals surface area (Å²) in [6, 6.07) is 55.1. The van der Waals surface area contributed by atoms with Crippen LogP contribution in [-0.2, 0) is 0 Å². The van der Waals surface area contributed by atoms with Gasteiger partial charge in [-0.2, -0.15) is 0 Å². The summed E-state index contributed by atoms with van der Waals surface area (Å²) in [5.74, 6) is 0. The minimum atomic E-state index is -2.15. The molecule has 46 heavy (non-hydrogen) atoms. The van der Waals surface area contributed by atoms with Crippen molar-refractivity contribution in [3.63, 3.8) is 0 Å². The number of hydrogen-bond acceptors (Lipinski definition) is 0. The molecule has 0 radical (unpaired) electrons. The first kappa shape index (κ1) is 37.4. The topological polar surface area (TPSA) is 0 Å². The zero-order valence-electron chi connectivity index (χ0n) is 27.6. The van der Waals surface area contributed by atoms with E-state index in [1.807, 2.05) is 0 Å². The summed E-state index contributed by atoms with van der Waals surface area (Å²) in [5, 5.41) is 0. The Labute approximate surface area is 290 Å². The Morgan fingerprint density at radius 2 is 0.326 bits per heavy atom. The van der Waals surface area contributed by atoms with Gasteiger partial charge in [-0.05, 0) is 0 Å². The van der Waals surface area contributed by atoms with E-state index in [9.17, 15) is 0 Å². The van der Waals surface area contributed by atoms with Crippen LogP contribution in [0.3, 0.4) is 0 Å². The van der Waals surface area contributed by atoms with Gasteiger partial charge in [-0.25, -0.2) is 0 Å². The number of aryl methyl sites for hydroxylation is 6. The van der Waals surface area contributed by atoms with Gasteiger partial charge in [-0.3, -0.25) is 9.41 Å². The van der Waals surface area contributed by atoms with Crippen LogP contribution < -0.4 is 19.6 Å². The zero-order chi connectivity index (χ0) is 31.1. The van der Waals surface area contributed by atoms with Gasteiger partial charge in [-0.15, -0.1) is 0 Å². The number of rotatable bonds is 6. The van der Waals surface area contributed by atoms with Gasteiger partial charge in [-0.1, -0.05) is 0 Å². The van der Waals surface area contributed by atoms with Gasteiger partial charge in [0.15, 0.2) is 0 Å². The van der Waals surface area contributed by atoms with E-state index in [2.05, 4.69) is 187 Å². The van der Waals surface area contributed by atoms with Crippen molar-refractivity contribution in [3.05, 3.63) is 179 Å². The Kier molecular flexibility index (Phi) is 14.4. The smallest absolute Gasteiger partial charge is 0.269 e. The van der Waals surface area contributed by atoms with Crippen molar-refractivity contribution < 1.29 is 9.41 Å². The number of benzene rings is 6. The maximum absolute atomic E-state index is 2.34. The second-order valence-electron chi connectivity index (χ2n) is 11.7. The first-order valence-electron chi connectivity index (χ1n) is 15.3. The van der Waals surface area contributed by atoms with Crippen LogP contribution >= 0.6 is 0 Å². The zero-order valence-corrected chi connectivity index (χ0v) is 34.5. The van der Waals surface area contributed by atoms with Crippen LogP contribution in [0, 0.1) is 41.5 Å². The van der Waals surface area contributed by atoms with Crippen LogP contribution in [-0.4, -0.2) is 43.5 Å². The largest absolute Gasteiger partial charge is 0.269 e. The van der Waals surface area contributed by atoms with Crippen molar-refractivity contribution in [1.82, 2.24) is 0 Å². The van der Waals surface area contributed by atoms with E-state index in [0.29, 0.717) is 0 Å². The molecule has 0 fully saturated rings. The molecule has 0 aromatic heterocycles. The maximum Gasteiger partial charge on any atom is -0.269 e. The molecule has 0 atom stereocenters. The van der Waals surface area contributed by atoms with Gasteiger partial charge in [0.2, 0.25) is 0 Å². The van der Waals surface area contributed by atoms with E-state index in [0.717, 1.165) is 0 Å². The maximum atomic E-state index is 2.34. The third-order valence-corrected chi connectivity index (χ3v) is 26.8. The predicted octanol–water partition coefficient (Wildman–Crippen LogP) is 6.56. The summed E-state index contributed by atoms with van der Waals surface area (Å²) in [4.78, 5) is 0. The Balaban J connectivity index is 0.000000240. The first-order valence-corrected chi connectivity index (χ1v) is 25.7. The Bertz CT molecular complexity index is 1410. The fourth-order valence-electron chi connectivity index (χ4n) is 5.06. The molecule has 0 aliphatic heterocycles. The van der Waals surface area contributed by atoms with Gasteiger partial charge in [0.25, 0.3) is 0 Å². The van der Waals surface area contributed by atoms with E-state index in [1.54, 1.807) is 19.6 Å². The van der Waals surface area contributed by atoms with Gasteiger partial charge < -0.3 is 0 Å². The SMILES string of the molecule is Cc1cc[c]([Bi]([c]2ccc(C)cc2)[c]2ccc(C)cc2)cc1.Cc1cc[c]([Bi]([c]2ccc(C)cc2)[c]2ccc(C)cc2)cc1.F.F. The Morgan fingerprint density at radius 1 is 0.217 bits per heavy atom. The standard InChI is InChI=1S/6C7H7.2Bi.2FH/c6*1-7-5-3-2-4-6-7;;;;/h6*3-6H,1H3;;;2*1H. The van der Waals surface area contributed by atoms with E-state index in [1.165, 1.54) is 33.4 Å². The molecule has 0 N–H and O–H groups in total. The molecule has 0 heterocycles. The summed E-state index contributed by atoms with van der Waals surface area (Å²) in [6.07, 6.45) is 0. The van der Waals surface area contributed by atoms with Crippen LogP contribution in [0.1, 0.15) is 33.4 Å². The molecule has 0 aliphatic rings. The second-order valence-corrected chi connectivity index (χ2v) is 28.9. The molecular weight excluding hydrogens is 960 g/mol. The minimum Gasteiger partial charge on any atom is -0.269 e. The fraction of sp³-hybridized carbons (Fsp3) is 0.143. The summed E-state index contributed by atoms with van der Waals surface area (Å²) in [7, 11) is 0. The molecule has 6 aromatic carbocycles. The summed E-state index contributed by atoms with van der Waals surface area (Å²) in [6.45, 7) is 12.9. The average Bonchev–Trinajstić information content (AvgIpc) is 3.03. The van der Waals surface area contributed by atoms with Crippen molar-refractivity contribution in [2.45, 2.75) is 41.5 Å². The fourth-order valence-corrected chi connectivity index (χ4v) is 22.4. The molecule has 0 spiro atoms. The van der Waals surface area contributed by atoms with Gasteiger partial charge in [0.05, 0.1) is 0 Å². The van der Waals surface area contributed by atoms with Crippen molar-refractivity contribution in [3.8, 4) is 0 Å². The third-order valence-electron chi connectivity index (χ3n) is 7.75. The molecule has 0 amide bonds. The van der Waals surface area contributed by atoms with Crippen molar-refractivity contribution in [2.75, 3.05) is 0 Å². The summed E-state index contributed by atoms with van der Waals surface area (Å²) >= 11 is -4.29. The molecule has 0 bridgehead atoms. The third kappa shape index (κ3) is 9.97. The molecule has 0 saturated heterocycles. The van der Waals surface area contributed by atoms with Crippen molar-refractivity contribution >= 4 is 63.1 Å². The quantitative estimate of drug-likeness (QED) is 0.166. The molecular formula is C42H44Bi2F2. The van der Waals surface area contributed by atoms with Crippen molar-refractivity contribution in [1.29, 1.82) is 0 Å². The normalized spacial score (nSPS) is 10.4. The Morgan fingerprint density at radius 3 is 0.435 bits per heavy atom. The van der Waals surface area contributed by atoms with Crippen LogP contribution in [0.15, 0.2) is 146 Å². The van der Waals surface area contributed by atoms with E-state index < -0.39 is 43.5 Å². The summed E-state index contributed by atoms with van der Waals surface area (Å²) in [5.41, 5.74) is 8.00. The monoisotopic (exact) mass is 1000 g/mol. The number of halogens is 2. The van der Waals surface area contributed by atoms with Crippen LogP contribution in [0.5, 0.6) is 0 Å². The average molecular weight is 1000 g/mol. The molecule has 6 aromatic rings. The second kappa shape index (κ2) is 17.7. The van der Waals surface area contributed by atoms with E-state index in [4.69, 9.17) is 0 Å². The first-order chi connectivity index (χ1) is 21.3. The van der Waals surface area contributed by atoms with Gasteiger partial charge in [0, 0.05) is 0 Å². The molecule has 236 valence electrons. The predicted molar refractivity (Wildman–Crippen MR) is 201 cm³/mol. The van der Waals surface area contributed by atoms with Gasteiger partial charge in [0.1, 0.15) is 0 Å². The Hall–Kier alpha value is -3.05. The summed E-state index contributed by atoms with van der Waals surface area (Å²) < 4.78 is 9.30. The van der Waals surface area contributed by atoms with Crippen LogP contribution in [0.25, 0.3) is 0 Å². The van der Waals surface area contributed by atoms with E-state index >= 15 is 0 Å². The van der Waals surface area contributed by atoms with Crippen LogP contribution in [0.2, 0.25) is 0 Å². The van der Waals surface area contributed by atoms with Gasteiger partial charge >= 0.3 is 284 Å². The molecule has 6 rings (SSSR count). The molecule has 4 heteroatoms. The van der Waals surface area contributed by atoms with Crippen molar-refractivity contribution in [2.24, 2.45) is 0 Å². The minimum absolute atomic E-state index is 0. The van der Waals surface area contributed by atoms with Crippen LogP contribution in [0.4, 0.5) is 9.41 Å². The molecule has 0 nitrogen and oxygen atoms in total. The van der Waals surface area contributed by atoms with E-state index in [-0.39, 0.29) is 9.41 Å². The number of hydrogen-bond donors (Lipinski definition) is 0. The molecule has 0 saturated carbocycles. The molecule has 0 unspecified atom stereocenters. The molecule has 0 aliphatic carbocycles.